The van der Waals surface area contributed by atoms with Crippen molar-refractivity contribution in [2.75, 3.05) is 20.3 Å². The number of hydrogen-bond acceptors (Lipinski definition) is 7. The van der Waals surface area contributed by atoms with E-state index in [0.717, 1.165) is 21.7 Å². The summed E-state index contributed by atoms with van der Waals surface area (Å²) in [6.07, 6.45) is -0.686. The van der Waals surface area contributed by atoms with Crippen LogP contribution in [0.15, 0.2) is 29.8 Å². The lowest BCUT2D eigenvalue weighted by Gasteiger charge is -2.35. The number of β-amino-alcohol motifs (C(OH)–C–C–N with tert-alkyl or cyclic N) is 1. The van der Waals surface area contributed by atoms with Crippen molar-refractivity contribution in [2.24, 2.45) is 5.41 Å². The van der Waals surface area contributed by atoms with Gasteiger partial charge in [0.15, 0.2) is 0 Å². The first-order valence-corrected chi connectivity index (χ1v) is 14.9. The maximum Gasteiger partial charge on any atom is 0.246 e. The second kappa shape index (κ2) is 16.4. The third kappa shape index (κ3) is 9.38. The van der Waals surface area contributed by atoms with Crippen molar-refractivity contribution in [2.45, 2.75) is 93.0 Å². The van der Waals surface area contributed by atoms with Crippen LogP contribution in [0.4, 0.5) is 0 Å². The fourth-order valence-corrected chi connectivity index (χ4v) is 5.16. The first-order chi connectivity index (χ1) is 18.9. The van der Waals surface area contributed by atoms with Crippen molar-refractivity contribution >= 4 is 29.1 Å². The number of carbonyl (C=O) groups is 3. The zero-order chi connectivity index (χ0) is 30.6. The maximum atomic E-state index is 13.5. The Hall–Kier alpha value is -2.82. The van der Waals surface area contributed by atoms with Crippen molar-refractivity contribution in [1.82, 2.24) is 20.5 Å². The van der Waals surface area contributed by atoms with E-state index in [9.17, 15) is 19.5 Å². The van der Waals surface area contributed by atoms with Crippen molar-refractivity contribution in [1.29, 1.82) is 0 Å². The first-order valence-electron chi connectivity index (χ1n) is 14.0. The first kappa shape index (κ1) is 35.2. The molecule has 224 valence electrons. The summed E-state index contributed by atoms with van der Waals surface area (Å²) in [7, 11) is 1.40. The van der Waals surface area contributed by atoms with Crippen LogP contribution in [0, 0.1) is 12.3 Å². The molecular formula is C30H48N4O5S. The summed E-state index contributed by atoms with van der Waals surface area (Å²) in [4.78, 5) is 45.7. The van der Waals surface area contributed by atoms with Gasteiger partial charge >= 0.3 is 0 Å². The molecule has 0 spiro atoms. The minimum Gasteiger partial charge on any atom is -0.391 e. The summed E-state index contributed by atoms with van der Waals surface area (Å²) >= 11 is 1.58. The predicted octanol–water partition coefficient (Wildman–Crippen LogP) is 4.49. The molecule has 0 radical (unpaired) electrons. The fourth-order valence-electron chi connectivity index (χ4n) is 4.35. The monoisotopic (exact) mass is 576 g/mol. The molecule has 1 aromatic heterocycles. The molecular weight excluding hydrogens is 528 g/mol. The van der Waals surface area contributed by atoms with Gasteiger partial charge in [0, 0.05) is 20.1 Å². The fraction of sp³-hybridized carbons (Fsp3) is 0.600. The molecule has 40 heavy (non-hydrogen) atoms. The molecule has 2 heterocycles. The highest BCUT2D eigenvalue weighted by Gasteiger charge is 2.44. The van der Waals surface area contributed by atoms with Crippen LogP contribution in [-0.4, -0.2) is 71.2 Å². The van der Waals surface area contributed by atoms with E-state index in [1.165, 1.54) is 12.0 Å². The number of methoxy groups -OCH3 is 1. The van der Waals surface area contributed by atoms with E-state index in [4.69, 9.17) is 4.74 Å². The van der Waals surface area contributed by atoms with Crippen LogP contribution in [0.3, 0.4) is 0 Å². The number of aliphatic hydroxyl groups is 1. The molecule has 0 saturated carbocycles. The molecule has 4 unspecified atom stereocenters. The van der Waals surface area contributed by atoms with Gasteiger partial charge in [-0.05, 0) is 30.4 Å². The Labute approximate surface area is 243 Å². The zero-order valence-electron chi connectivity index (χ0n) is 25.7. The molecule has 1 fully saturated rings. The molecule has 3 N–H and O–H groups in total. The quantitative estimate of drug-likeness (QED) is 0.426. The van der Waals surface area contributed by atoms with Crippen molar-refractivity contribution in [3.05, 3.63) is 41.0 Å². The van der Waals surface area contributed by atoms with E-state index in [1.54, 1.807) is 11.3 Å². The number of carbonyl (C=O) groups excluding carboxylic acids is 3. The predicted molar refractivity (Wildman–Crippen MR) is 161 cm³/mol. The summed E-state index contributed by atoms with van der Waals surface area (Å²) in [5, 5.41) is 16.0. The number of nitrogens with one attached hydrogen (secondary N) is 2. The van der Waals surface area contributed by atoms with Gasteiger partial charge in [-0.3, -0.25) is 14.4 Å². The van der Waals surface area contributed by atoms with Gasteiger partial charge in [-0.1, -0.05) is 72.7 Å². The molecule has 2 aromatic rings. The van der Waals surface area contributed by atoms with Crippen LogP contribution in [0.2, 0.25) is 0 Å². The number of rotatable bonds is 8. The van der Waals surface area contributed by atoms with Gasteiger partial charge in [0.25, 0.3) is 0 Å². The normalized spacial score (nSPS) is 17.9. The average Bonchev–Trinajstić information content (AvgIpc) is 3.54. The van der Waals surface area contributed by atoms with Crippen molar-refractivity contribution < 1.29 is 24.2 Å². The van der Waals surface area contributed by atoms with Crippen LogP contribution in [-0.2, 0) is 19.1 Å². The Balaban J connectivity index is 0.00000191. The average molecular weight is 577 g/mol. The minimum atomic E-state index is -0.874. The Morgan fingerprint density at radius 3 is 2.23 bits per heavy atom. The maximum absolute atomic E-state index is 13.5. The summed E-state index contributed by atoms with van der Waals surface area (Å²) < 4.78 is 4.88. The van der Waals surface area contributed by atoms with Crippen LogP contribution in [0.5, 0.6) is 0 Å². The number of hydrogen-bond donors (Lipinski definition) is 3. The lowest BCUT2D eigenvalue weighted by molar-refractivity contribution is -0.144. The number of ether oxygens (including phenoxy) is 1. The topological polar surface area (TPSA) is 121 Å². The van der Waals surface area contributed by atoms with E-state index < -0.39 is 35.4 Å². The van der Waals surface area contributed by atoms with Gasteiger partial charge in [0.2, 0.25) is 17.7 Å². The van der Waals surface area contributed by atoms with Gasteiger partial charge < -0.3 is 25.4 Å². The van der Waals surface area contributed by atoms with E-state index in [1.807, 2.05) is 92.1 Å². The SMILES string of the molecule is CC.CC.COCC(=O)NC(C(=O)N1CC(O)CC1C(=O)NC(C)c1ccc(-c2scnc2C)cc1)C(C)(C)C. The largest absolute Gasteiger partial charge is 0.391 e. The molecule has 3 amide bonds. The van der Waals surface area contributed by atoms with Gasteiger partial charge in [-0.2, -0.15) is 0 Å². The lowest BCUT2D eigenvalue weighted by atomic mass is 9.85. The molecule has 3 rings (SSSR count). The Morgan fingerprint density at radius 1 is 1.12 bits per heavy atom. The third-order valence-electron chi connectivity index (χ3n) is 6.34. The highest BCUT2D eigenvalue weighted by Crippen LogP contribution is 2.29. The van der Waals surface area contributed by atoms with E-state index >= 15 is 0 Å². The second-order valence-electron chi connectivity index (χ2n) is 10.3. The van der Waals surface area contributed by atoms with Crippen molar-refractivity contribution in [3.8, 4) is 10.4 Å². The van der Waals surface area contributed by atoms with Crippen molar-refractivity contribution in [3.63, 3.8) is 0 Å². The number of likely N-dealkylation sites (tertiary alicyclic amines) is 1. The van der Waals surface area contributed by atoms with Crippen LogP contribution in [0.1, 0.15) is 79.1 Å². The Kier molecular flexibility index (Phi) is 14.5. The van der Waals surface area contributed by atoms with E-state index in [0.29, 0.717) is 0 Å². The third-order valence-corrected chi connectivity index (χ3v) is 7.31. The van der Waals surface area contributed by atoms with E-state index in [-0.39, 0.29) is 31.5 Å². The molecule has 0 bridgehead atoms. The standard InChI is InChI=1S/C26H36N4O5S.2C2H6/c1-15(17-7-9-18(10-8-17)22-16(2)27-14-36-22)28-24(33)20-11-19(31)12-30(20)25(34)23(26(3,4)5)29-21(32)13-35-6;2*1-2/h7-10,14-15,19-20,23,31H,11-13H2,1-6H3,(H,28,33)(H,29,32);2*1-2H3. The molecule has 1 aromatic carbocycles. The van der Waals surface area contributed by atoms with Gasteiger partial charge in [0.1, 0.15) is 18.7 Å². The molecule has 0 aliphatic carbocycles. The van der Waals surface area contributed by atoms with E-state index in [2.05, 4.69) is 15.6 Å². The number of aryl methyl sites for hydroxylation is 1. The minimum absolute atomic E-state index is 0.0287. The molecule has 1 aliphatic heterocycles. The molecule has 10 heteroatoms. The molecule has 9 nitrogen and oxygen atoms in total. The number of thiazole rings is 1. The molecule has 1 saturated heterocycles. The zero-order valence-corrected chi connectivity index (χ0v) is 26.5. The number of amides is 3. The summed E-state index contributed by atoms with van der Waals surface area (Å²) in [5.41, 5.74) is 4.17. The lowest BCUT2D eigenvalue weighted by Crippen LogP contribution is -2.58. The number of aliphatic hydroxyl groups excluding tert-OH is 1. The Morgan fingerprint density at radius 2 is 1.73 bits per heavy atom. The summed E-state index contributed by atoms with van der Waals surface area (Å²) in [6, 6.07) is 5.93. The highest BCUT2D eigenvalue weighted by molar-refractivity contribution is 7.13. The second-order valence-corrected chi connectivity index (χ2v) is 11.2. The molecule has 4 atom stereocenters. The number of nitrogens with zero attached hydrogens (tertiary/aromatic N) is 2. The van der Waals surface area contributed by atoms with Crippen LogP contribution < -0.4 is 10.6 Å². The highest BCUT2D eigenvalue weighted by atomic mass is 32.1. The van der Waals surface area contributed by atoms with Gasteiger partial charge in [0.05, 0.1) is 28.2 Å². The Bertz CT molecular complexity index is 1080. The summed E-state index contributed by atoms with van der Waals surface area (Å²) in [6.45, 7) is 17.2. The molecule has 1 aliphatic rings. The van der Waals surface area contributed by atoms with Gasteiger partial charge in [-0.25, -0.2) is 4.98 Å². The smallest absolute Gasteiger partial charge is 0.246 e. The van der Waals surface area contributed by atoms with Gasteiger partial charge in [-0.15, -0.1) is 11.3 Å². The van der Waals surface area contributed by atoms with Crippen LogP contribution in [0.25, 0.3) is 10.4 Å². The summed E-state index contributed by atoms with van der Waals surface area (Å²) in [5.74, 6) is -1.16. The number of aromatic nitrogens is 1. The van der Waals surface area contributed by atoms with Crippen LogP contribution >= 0.6 is 11.3 Å². The number of benzene rings is 1.